The maximum absolute atomic E-state index is 11.5. The van der Waals surface area contributed by atoms with Gasteiger partial charge in [-0.15, -0.1) is 0 Å². The summed E-state index contributed by atoms with van der Waals surface area (Å²) >= 11 is 0. The average molecular weight is 384 g/mol. The third-order valence-corrected chi connectivity index (χ3v) is 5.00. The number of nitrogens with zero attached hydrogens (tertiary/aromatic N) is 2. The molecule has 0 saturated carbocycles. The summed E-state index contributed by atoms with van der Waals surface area (Å²) in [5.74, 6) is 1.37. The van der Waals surface area contributed by atoms with E-state index in [1.807, 2.05) is 30.5 Å². The van der Waals surface area contributed by atoms with E-state index >= 15 is 0 Å². The van der Waals surface area contributed by atoms with E-state index in [0.29, 0.717) is 25.5 Å². The zero-order chi connectivity index (χ0) is 19.6. The van der Waals surface area contributed by atoms with Crippen LogP contribution in [0.25, 0.3) is 10.9 Å². The number of rotatable bonds is 6. The van der Waals surface area contributed by atoms with E-state index in [9.17, 15) is 4.79 Å². The second kappa shape index (κ2) is 7.27. The molecule has 0 saturated heterocycles. The first-order valence-corrected chi connectivity index (χ1v) is 9.51. The number of hydrogen-bond acceptors (Lipinski definition) is 5. The molecule has 7 nitrogen and oxygen atoms in total. The lowest BCUT2D eigenvalue weighted by molar-refractivity contribution is -0.115. The molecule has 7 heteroatoms. The third kappa shape index (κ3) is 3.75. The Morgan fingerprint density at radius 3 is 2.79 bits per heavy atom. The Labute approximate surface area is 167 Å². The number of anilines is 3. The van der Waals surface area contributed by atoms with Crippen LogP contribution in [0.2, 0.25) is 0 Å². The Bertz CT molecular complexity index is 1200. The number of fused-ring (bicyclic) bond motifs is 2. The van der Waals surface area contributed by atoms with Crippen LogP contribution < -0.4 is 16.0 Å². The molecule has 0 spiro atoms. The van der Waals surface area contributed by atoms with Crippen molar-refractivity contribution in [3.63, 3.8) is 0 Å². The van der Waals surface area contributed by atoms with Crippen LogP contribution in [0.15, 0.2) is 60.9 Å². The van der Waals surface area contributed by atoms with E-state index in [-0.39, 0.29) is 5.91 Å². The van der Waals surface area contributed by atoms with Crippen molar-refractivity contribution in [2.24, 2.45) is 0 Å². The smallest absolute Gasteiger partial charge is 0.228 e. The molecule has 0 unspecified atom stereocenters. The standard InChI is InChI=1S/C22H20N6O/c29-21-11-16-3-1-15(10-19(16)27-21)12-25-20-6-8-24-22(28-20)26-13-14-2-4-18-17(9-14)5-7-23-18/h1-10,23H,11-13H2,(H,27,29)(H2,24,25,26,28). The third-order valence-electron chi connectivity index (χ3n) is 5.00. The van der Waals surface area contributed by atoms with Crippen molar-refractivity contribution in [3.05, 3.63) is 77.6 Å². The number of carbonyl (C=O) groups excluding carboxylic acids is 1. The lowest BCUT2D eigenvalue weighted by atomic mass is 10.1. The van der Waals surface area contributed by atoms with Crippen LogP contribution in [0.4, 0.5) is 17.5 Å². The summed E-state index contributed by atoms with van der Waals surface area (Å²) in [4.78, 5) is 23.5. The topological polar surface area (TPSA) is 94.7 Å². The zero-order valence-electron chi connectivity index (χ0n) is 15.7. The zero-order valence-corrected chi connectivity index (χ0v) is 15.7. The van der Waals surface area contributed by atoms with Crippen LogP contribution in [0.1, 0.15) is 16.7 Å². The molecule has 1 aliphatic heterocycles. The highest BCUT2D eigenvalue weighted by Crippen LogP contribution is 2.24. The first-order valence-electron chi connectivity index (χ1n) is 9.51. The van der Waals surface area contributed by atoms with Crippen molar-refractivity contribution < 1.29 is 4.79 Å². The minimum absolute atomic E-state index is 0.0484. The van der Waals surface area contributed by atoms with E-state index in [1.54, 1.807) is 6.20 Å². The van der Waals surface area contributed by atoms with Crippen molar-refractivity contribution in [2.45, 2.75) is 19.5 Å². The Morgan fingerprint density at radius 1 is 0.966 bits per heavy atom. The van der Waals surface area contributed by atoms with Crippen molar-refractivity contribution in [1.29, 1.82) is 0 Å². The minimum atomic E-state index is 0.0484. The van der Waals surface area contributed by atoms with Gasteiger partial charge in [-0.1, -0.05) is 18.2 Å². The first-order chi connectivity index (χ1) is 14.2. The van der Waals surface area contributed by atoms with Crippen molar-refractivity contribution in [1.82, 2.24) is 15.0 Å². The van der Waals surface area contributed by atoms with Gasteiger partial charge in [-0.2, -0.15) is 4.98 Å². The molecule has 0 radical (unpaired) electrons. The summed E-state index contributed by atoms with van der Waals surface area (Å²) in [5, 5.41) is 10.7. The van der Waals surface area contributed by atoms with Crippen LogP contribution in [0, 0.1) is 0 Å². The number of benzene rings is 2. The Hall–Kier alpha value is -3.87. The summed E-state index contributed by atoms with van der Waals surface area (Å²) < 4.78 is 0. The number of H-pyrrole nitrogens is 1. The molecule has 4 aromatic rings. The Balaban J connectivity index is 1.22. The predicted molar refractivity (Wildman–Crippen MR) is 114 cm³/mol. The Morgan fingerprint density at radius 2 is 1.83 bits per heavy atom. The fraction of sp³-hybridized carbons (Fsp3) is 0.136. The lowest BCUT2D eigenvalue weighted by Crippen LogP contribution is -2.07. The first kappa shape index (κ1) is 17.2. The van der Waals surface area contributed by atoms with E-state index in [0.717, 1.165) is 28.1 Å². The normalized spacial score (nSPS) is 12.6. The summed E-state index contributed by atoms with van der Waals surface area (Å²) in [6.45, 7) is 1.26. The average Bonchev–Trinajstić information content (AvgIpc) is 3.35. The molecule has 0 atom stereocenters. The molecule has 3 heterocycles. The van der Waals surface area contributed by atoms with Crippen LogP contribution >= 0.6 is 0 Å². The fourth-order valence-corrected chi connectivity index (χ4v) is 3.50. The second-order valence-electron chi connectivity index (χ2n) is 7.09. The molecule has 1 aliphatic rings. The number of hydrogen-bond donors (Lipinski definition) is 4. The maximum Gasteiger partial charge on any atom is 0.228 e. The van der Waals surface area contributed by atoms with Gasteiger partial charge in [-0.3, -0.25) is 4.79 Å². The van der Waals surface area contributed by atoms with Gasteiger partial charge in [0.05, 0.1) is 6.42 Å². The van der Waals surface area contributed by atoms with Gasteiger partial charge >= 0.3 is 0 Å². The number of amides is 1. The molecule has 29 heavy (non-hydrogen) atoms. The van der Waals surface area contributed by atoms with Gasteiger partial charge in [0, 0.05) is 36.7 Å². The van der Waals surface area contributed by atoms with Crippen LogP contribution in [-0.4, -0.2) is 20.9 Å². The molecule has 2 aromatic heterocycles. The summed E-state index contributed by atoms with van der Waals surface area (Å²) in [7, 11) is 0. The summed E-state index contributed by atoms with van der Waals surface area (Å²) in [5.41, 5.74) is 5.32. The largest absolute Gasteiger partial charge is 0.366 e. The van der Waals surface area contributed by atoms with Gasteiger partial charge < -0.3 is 20.9 Å². The van der Waals surface area contributed by atoms with E-state index in [1.165, 1.54) is 10.9 Å². The van der Waals surface area contributed by atoms with E-state index in [4.69, 9.17) is 0 Å². The molecule has 1 amide bonds. The SMILES string of the molecule is O=C1Cc2ccc(CNc3ccnc(NCc4ccc5[nH]ccc5c4)n3)cc2N1. The van der Waals surface area contributed by atoms with Gasteiger partial charge in [0.25, 0.3) is 0 Å². The number of carbonyl (C=O) groups is 1. The number of nitrogens with one attached hydrogen (secondary N) is 4. The molecule has 2 aromatic carbocycles. The van der Waals surface area contributed by atoms with Crippen molar-refractivity contribution in [2.75, 3.05) is 16.0 Å². The van der Waals surface area contributed by atoms with Gasteiger partial charge in [0.2, 0.25) is 11.9 Å². The van der Waals surface area contributed by atoms with Crippen LogP contribution in [0.5, 0.6) is 0 Å². The van der Waals surface area contributed by atoms with E-state index < -0.39 is 0 Å². The number of aromatic nitrogens is 3. The molecule has 4 N–H and O–H groups in total. The summed E-state index contributed by atoms with van der Waals surface area (Å²) in [6, 6.07) is 16.2. The van der Waals surface area contributed by atoms with Gasteiger partial charge in [-0.05, 0) is 52.4 Å². The van der Waals surface area contributed by atoms with Crippen molar-refractivity contribution in [3.8, 4) is 0 Å². The molecule has 0 fully saturated rings. The minimum Gasteiger partial charge on any atom is -0.366 e. The van der Waals surface area contributed by atoms with Crippen LogP contribution in [-0.2, 0) is 24.3 Å². The summed E-state index contributed by atoms with van der Waals surface area (Å²) in [6.07, 6.45) is 4.13. The predicted octanol–water partition coefficient (Wildman–Crippen LogP) is 3.68. The highest BCUT2D eigenvalue weighted by Gasteiger charge is 2.17. The Kier molecular flexibility index (Phi) is 4.32. The molecule has 0 aliphatic carbocycles. The van der Waals surface area contributed by atoms with E-state index in [2.05, 4.69) is 55.2 Å². The number of aromatic amines is 1. The lowest BCUT2D eigenvalue weighted by Gasteiger charge is -2.10. The maximum atomic E-state index is 11.5. The highest BCUT2D eigenvalue weighted by molar-refractivity contribution is 5.99. The van der Waals surface area contributed by atoms with Gasteiger partial charge in [0.15, 0.2) is 0 Å². The molecule has 144 valence electrons. The highest BCUT2D eigenvalue weighted by atomic mass is 16.1. The molecule has 5 rings (SSSR count). The fourth-order valence-electron chi connectivity index (χ4n) is 3.50. The second-order valence-corrected chi connectivity index (χ2v) is 7.09. The monoisotopic (exact) mass is 384 g/mol. The quantitative estimate of drug-likeness (QED) is 0.407. The van der Waals surface area contributed by atoms with Crippen molar-refractivity contribution >= 4 is 34.3 Å². The molecule has 0 bridgehead atoms. The molecular weight excluding hydrogens is 364 g/mol. The molecular formula is C22H20N6O. The van der Waals surface area contributed by atoms with Gasteiger partial charge in [0.1, 0.15) is 5.82 Å². The van der Waals surface area contributed by atoms with Crippen LogP contribution in [0.3, 0.4) is 0 Å². The van der Waals surface area contributed by atoms with Gasteiger partial charge in [-0.25, -0.2) is 4.98 Å².